The molecule has 3 N–H and O–H groups in total. The minimum Gasteiger partial charge on any atom is -0.399 e. The van der Waals surface area contributed by atoms with Crippen LogP contribution >= 0.6 is 0 Å². The van der Waals surface area contributed by atoms with Crippen molar-refractivity contribution in [3.8, 4) is 11.3 Å². The number of nitrogens with one attached hydrogen (secondary N) is 1. The van der Waals surface area contributed by atoms with Crippen LogP contribution in [0.25, 0.3) is 11.3 Å². The van der Waals surface area contributed by atoms with E-state index in [9.17, 15) is 0 Å². The number of aromatic amines is 1. The number of rotatable bonds is 4. The third-order valence-corrected chi connectivity index (χ3v) is 2.59. The maximum Gasteiger partial charge on any atom is 0.115 e. The Morgan fingerprint density at radius 2 is 2.00 bits per heavy atom. The normalized spacial score (nSPS) is 10.6. The van der Waals surface area contributed by atoms with E-state index in [1.165, 1.54) is 6.42 Å². The highest BCUT2D eigenvalue weighted by molar-refractivity contribution is 5.63. The molecule has 0 saturated carbocycles. The molecule has 0 spiro atoms. The van der Waals surface area contributed by atoms with Gasteiger partial charge in [0.1, 0.15) is 5.69 Å². The fourth-order valence-electron chi connectivity index (χ4n) is 1.65. The number of H-pyrrole nitrogens is 1. The van der Waals surface area contributed by atoms with Gasteiger partial charge in [0.15, 0.2) is 0 Å². The second-order valence-electron chi connectivity index (χ2n) is 3.86. The average molecular weight is 216 g/mol. The van der Waals surface area contributed by atoms with Gasteiger partial charge in [0.25, 0.3) is 0 Å². The maximum atomic E-state index is 5.65. The van der Waals surface area contributed by atoms with Gasteiger partial charge < -0.3 is 5.73 Å². The van der Waals surface area contributed by atoms with Crippen LogP contribution in [-0.2, 0) is 6.42 Å². The second-order valence-corrected chi connectivity index (χ2v) is 3.86. The number of unbranched alkanes of at least 4 members (excludes halogenated alkanes) is 1. The number of aromatic nitrogens is 3. The van der Waals surface area contributed by atoms with Crippen LogP contribution in [0.4, 0.5) is 5.69 Å². The van der Waals surface area contributed by atoms with Crippen molar-refractivity contribution in [1.82, 2.24) is 15.4 Å². The van der Waals surface area contributed by atoms with E-state index in [2.05, 4.69) is 22.3 Å². The van der Waals surface area contributed by atoms with Gasteiger partial charge in [0.2, 0.25) is 0 Å². The van der Waals surface area contributed by atoms with E-state index < -0.39 is 0 Å². The first-order valence-corrected chi connectivity index (χ1v) is 5.57. The van der Waals surface area contributed by atoms with Crippen molar-refractivity contribution in [3.63, 3.8) is 0 Å². The summed E-state index contributed by atoms with van der Waals surface area (Å²) in [4.78, 5) is 0. The van der Waals surface area contributed by atoms with Crippen molar-refractivity contribution in [2.45, 2.75) is 26.2 Å². The first kappa shape index (κ1) is 10.7. The van der Waals surface area contributed by atoms with Crippen molar-refractivity contribution >= 4 is 5.69 Å². The molecule has 0 amide bonds. The van der Waals surface area contributed by atoms with Crippen molar-refractivity contribution in [1.29, 1.82) is 0 Å². The van der Waals surface area contributed by atoms with Crippen LogP contribution in [0.3, 0.4) is 0 Å². The van der Waals surface area contributed by atoms with Gasteiger partial charge in [0.05, 0.1) is 5.69 Å². The van der Waals surface area contributed by atoms with Gasteiger partial charge in [-0.15, -0.1) is 5.10 Å². The van der Waals surface area contributed by atoms with E-state index in [0.717, 1.165) is 35.5 Å². The van der Waals surface area contributed by atoms with Crippen LogP contribution in [0.2, 0.25) is 0 Å². The molecule has 0 bridgehead atoms. The molecule has 2 rings (SSSR count). The molecule has 4 heteroatoms. The molecule has 0 aliphatic heterocycles. The van der Waals surface area contributed by atoms with Gasteiger partial charge in [0, 0.05) is 11.3 Å². The molecular formula is C12H16N4. The highest BCUT2D eigenvalue weighted by atomic mass is 15.3. The first-order chi connectivity index (χ1) is 7.81. The third-order valence-electron chi connectivity index (χ3n) is 2.59. The van der Waals surface area contributed by atoms with Gasteiger partial charge in [-0.05, 0) is 25.0 Å². The van der Waals surface area contributed by atoms with E-state index in [4.69, 9.17) is 5.73 Å². The molecule has 4 nitrogen and oxygen atoms in total. The first-order valence-electron chi connectivity index (χ1n) is 5.57. The van der Waals surface area contributed by atoms with Crippen LogP contribution in [-0.4, -0.2) is 15.4 Å². The molecule has 0 unspecified atom stereocenters. The van der Waals surface area contributed by atoms with Gasteiger partial charge in [-0.2, -0.15) is 0 Å². The van der Waals surface area contributed by atoms with Crippen LogP contribution in [0.1, 0.15) is 25.5 Å². The fourth-order valence-corrected chi connectivity index (χ4v) is 1.65. The quantitative estimate of drug-likeness (QED) is 0.771. The minimum atomic E-state index is 0.766. The number of benzene rings is 1. The number of nitrogens with zero attached hydrogens (tertiary/aromatic N) is 2. The Morgan fingerprint density at radius 1 is 1.25 bits per heavy atom. The predicted octanol–water partition coefficient (Wildman–Crippen LogP) is 2.40. The summed E-state index contributed by atoms with van der Waals surface area (Å²) in [6.07, 6.45) is 3.30. The molecule has 84 valence electrons. The Bertz CT molecular complexity index is 444. The van der Waals surface area contributed by atoms with E-state index >= 15 is 0 Å². The fraction of sp³-hybridized carbons (Fsp3) is 0.333. The summed E-state index contributed by atoms with van der Waals surface area (Å²) in [7, 11) is 0. The monoisotopic (exact) mass is 216 g/mol. The summed E-state index contributed by atoms with van der Waals surface area (Å²) in [6.45, 7) is 2.17. The molecule has 1 aromatic heterocycles. The molecular weight excluding hydrogens is 200 g/mol. The molecule has 2 aromatic rings. The summed E-state index contributed by atoms with van der Waals surface area (Å²) in [5.41, 5.74) is 9.53. The lowest BCUT2D eigenvalue weighted by Crippen LogP contribution is -1.90. The minimum absolute atomic E-state index is 0.766. The molecule has 0 aliphatic carbocycles. The zero-order valence-corrected chi connectivity index (χ0v) is 9.40. The molecule has 16 heavy (non-hydrogen) atoms. The standard InChI is InChI=1S/C12H16N4/c1-2-3-4-11-12(15-16-14-11)9-5-7-10(13)8-6-9/h5-8H,2-4,13H2,1H3,(H,14,15,16). The summed E-state index contributed by atoms with van der Waals surface area (Å²) in [5.74, 6) is 0. The lowest BCUT2D eigenvalue weighted by Gasteiger charge is -2.01. The number of hydrogen-bond donors (Lipinski definition) is 2. The summed E-state index contributed by atoms with van der Waals surface area (Å²) >= 11 is 0. The summed E-state index contributed by atoms with van der Waals surface area (Å²) in [5, 5.41) is 11.0. The van der Waals surface area contributed by atoms with Crippen LogP contribution in [0, 0.1) is 0 Å². The van der Waals surface area contributed by atoms with Crippen molar-refractivity contribution in [2.75, 3.05) is 5.73 Å². The van der Waals surface area contributed by atoms with Crippen LogP contribution < -0.4 is 5.73 Å². The van der Waals surface area contributed by atoms with E-state index in [0.29, 0.717) is 0 Å². The Balaban J connectivity index is 2.26. The number of aryl methyl sites for hydroxylation is 1. The lowest BCUT2D eigenvalue weighted by molar-refractivity contribution is 0.770. The number of hydrogen-bond acceptors (Lipinski definition) is 3. The maximum absolute atomic E-state index is 5.65. The smallest absolute Gasteiger partial charge is 0.115 e. The Hall–Kier alpha value is -1.84. The Labute approximate surface area is 94.9 Å². The Morgan fingerprint density at radius 3 is 2.69 bits per heavy atom. The molecule has 0 fully saturated rings. The van der Waals surface area contributed by atoms with E-state index in [1.54, 1.807) is 0 Å². The van der Waals surface area contributed by atoms with Crippen LogP contribution in [0.15, 0.2) is 24.3 Å². The van der Waals surface area contributed by atoms with Crippen molar-refractivity contribution in [3.05, 3.63) is 30.0 Å². The molecule has 0 atom stereocenters. The molecule has 0 aliphatic rings. The van der Waals surface area contributed by atoms with Gasteiger partial charge in [-0.3, -0.25) is 5.10 Å². The highest BCUT2D eigenvalue weighted by Crippen LogP contribution is 2.21. The molecule has 1 aromatic carbocycles. The van der Waals surface area contributed by atoms with Crippen molar-refractivity contribution < 1.29 is 0 Å². The predicted molar refractivity (Wildman–Crippen MR) is 64.8 cm³/mol. The number of anilines is 1. The van der Waals surface area contributed by atoms with E-state index in [1.807, 2.05) is 24.3 Å². The second kappa shape index (κ2) is 4.79. The largest absolute Gasteiger partial charge is 0.399 e. The van der Waals surface area contributed by atoms with Gasteiger partial charge >= 0.3 is 0 Å². The van der Waals surface area contributed by atoms with Crippen molar-refractivity contribution in [2.24, 2.45) is 0 Å². The summed E-state index contributed by atoms with van der Waals surface area (Å²) in [6, 6.07) is 7.71. The average Bonchev–Trinajstić information content (AvgIpc) is 2.75. The molecule has 0 radical (unpaired) electrons. The van der Waals surface area contributed by atoms with E-state index in [-0.39, 0.29) is 0 Å². The summed E-state index contributed by atoms with van der Waals surface area (Å²) < 4.78 is 0. The zero-order chi connectivity index (χ0) is 11.4. The third kappa shape index (κ3) is 2.21. The number of nitrogens with two attached hydrogens (primary N) is 1. The SMILES string of the molecule is CCCCc1[nH]nnc1-c1ccc(N)cc1. The number of nitrogen functional groups attached to an aromatic ring is 1. The molecule has 1 heterocycles. The zero-order valence-electron chi connectivity index (χ0n) is 9.40. The topological polar surface area (TPSA) is 67.6 Å². The Kier molecular flexibility index (Phi) is 3.19. The highest BCUT2D eigenvalue weighted by Gasteiger charge is 2.08. The van der Waals surface area contributed by atoms with Gasteiger partial charge in [-0.1, -0.05) is 30.7 Å². The lowest BCUT2D eigenvalue weighted by atomic mass is 10.1. The van der Waals surface area contributed by atoms with Crippen LogP contribution in [0.5, 0.6) is 0 Å². The molecule has 0 saturated heterocycles. The van der Waals surface area contributed by atoms with Gasteiger partial charge in [-0.25, -0.2) is 0 Å².